The summed E-state index contributed by atoms with van der Waals surface area (Å²) >= 11 is 0. The molecule has 0 aromatic carbocycles. The summed E-state index contributed by atoms with van der Waals surface area (Å²) in [5, 5.41) is 24.4. The topological polar surface area (TPSA) is 166 Å². The molecule has 8 N–H and O–H groups in total. The maximum Gasteiger partial charge on any atom is 0.320 e. The molecule has 29 heavy (non-hydrogen) atoms. The average molecular weight is 412 g/mol. The van der Waals surface area contributed by atoms with Gasteiger partial charge < -0.3 is 27.0 Å². The van der Waals surface area contributed by atoms with Crippen molar-refractivity contribution in [3.8, 4) is 0 Å². The number of rotatable bonds is 13. The summed E-state index contributed by atoms with van der Waals surface area (Å²) in [5.74, 6) is -1.36. The van der Waals surface area contributed by atoms with Gasteiger partial charge >= 0.3 is 11.9 Å². The third kappa shape index (κ3) is 7.47. The molecule has 10 nitrogen and oxygen atoms in total. The Labute approximate surface area is 171 Å². The van der Waals surface area contributed by atoms with Crippen molar-refractivity contribution in [1.82, 2.24) is 10.6 Å². The SMILES string of the molecule is C=[N+](CCCCC(N)C(=O)O)C1(C)NC(=NCCCC(N)C(=O)O)NC1/C=C\C. The molecular weight excluding hydrogens is 376 g/mol. The zero-order valence-electron chi connectivity index (χ0n) is 17.3. The maximum absolute atomic E-state index is 10.8. The normalized spacial score (nSPS) is 24.8. The Kier molecular flexibility index (Phi) is 9.76. The van der Waals surface area contributed by atoms with Crippen LogP contribution < -0.4 is 22.1 Å². The fourth-order valence-corrected chi connectivity index (χ4v) is 3.08. The summed E-state index contributed by atoms with van der Waals surface area (Å²) in [6.45, 7) is 9.23. The van der Waals surface area contributed by atoms with Crippen LogP contribution in [0, 0.1) is 0 Å². The van der Waals surface area contributed by atoms with E-state index in [2.05, 4.69) is 22.3 Å². The van der Waals surface area contributed by atoms with E-state index in [1.165, 1.54) is 0 Å². The quantitative estimate of drug-likeness (QED) is 0.104. The van der Waals surface area contributed by atoms with Gasteiger partial charge in [-0.2, -0.15) is 0 Å². The number of nitrogens with zero attached hydrogens (tertiary/aromatic N) is 2. The Hall–Kier alpha value is -2.46. The zero-order valence-corrected chi connectivity index (χ0v) is 17.3. The first-order valence-electron chi connectivity index (χ1n) is 9.88. The summed E-state index contributed by atoms with van der Waals surface area (Å²) < 4.78 is 1.93. The molecule has 1 aliphatic heterocycles. The third-order valence-corrected chi connectivity index (χ3v) is 5.08. The number of hydrogen-bond acceptors (Lipinski definition) is 5. The third-order valence-electron chi connectivity index (χ3n) is 5.08. The second-order valence-electron chi connectivity index (χ2n) is 7.44. The second-order valence-corrected chi connectivity index (χ2v) is 7.44. The van der Waals surface area contributed by atoms with Gasteiger partial charge in [0.2, 0.25) is 0 Å². The molecule has 0 amide bonds. The molecule has 0 spiro atoms. The fraction of sp³-hybridized carbons (Fsp3) is 0.684. The minimum atomic E-state index is -1.01. The molecule has 1 heterocycles. The first-order valence-corrected chi connectivity index (χ1v) is 9.88. The highest BCUT2D eigenvalue weighted by Crippen LogP contribution is 2.19. The minimum Gasteiger partial charge on any atom is -0.480 e. The molecule has 1 rings (SSSR count). The van der Waals surface area contributed by atoms with Crippen molar-refractivity contribution < 1.29 is 24.4 Å². The molecule has 0 aromatic rings. The van der Waals surface area contributed by atoms with Crippen LogP contribution in [0.5, 0.6) is 0 Å². The highest BCUT2D eigenvalue weighted by atomic mass is 16.4. The highest BCUT2D eigenvalue weighted by molar-refractivity contribution is 5.83. The Morgan fingerprint density at radius 3 is 2.38 bits per heavy atom. The van der Waals surface area contributed by atoms with Crippen LogP contribution in [0.4, 0.5) is 0 Å². The molecule has 4 atom stereocenters. The smallest absolute Gasteiger partial charge is 0.320 e. The van der Waals surface area contributed by atoms with Gasteiger partial charge in [0.15, 0.2) is 5.96 Å². The molecule has 0 radical (unpaired) electrons. The van der Waals surface area contributed by atoms with E-state index < -0.39 is 29.7 Å². The van der Waals surface area contributed by atoms with E-state index in [-0.39, 0.29) is 6.04 Å². The van der Waals surface area contributed by atoms with Crippen molar-refractivity contribution in [2.75, 3.05) is 13.1 Å². The lowest BCUT2D eigenvalue weighted by Crippen LogP contribution is -2.55. The number of guanidine groups is 1. The standard InChI is InChI=1S/C19H34N6O4/c1-4-8-15-19(2,25(3)12-6-5-9-13(20)16(26)27)24-18(23-15)22-11-7-10-14(21)17(28)29/h4,8,13-15H,3,5-7,9-12,20-21H2,1-2H3,(H3-,22,23,24,26,27,28,29)/p+1/b8-4-. The Balaban J connectivity index is 2.61. The first kappa shape index (κ1) is 24.6. The number of aliphatic carboxylic acids is 2. The summed E-state index contributed by atoms with van der Waals surface area (Å²) in [6.07, 6.45) is 6.80. The number of carboxylic acid groups (broad SMARTS) is 2. The van der Waals surface area contributed by atoms with Crippen LogP contribution >= 0.6 is 0 Å². The number of hydrogen-bond donors (Lipinski definition) is 6. The molecule has 0 aliphatic carbocycles. The van der Waals surface area contributed by atoms with Crippen LogP contribution in [0.25, 0.3) is 0 Å². The van der Waals surface area contributed by atoms with E-state index in [0.717, 1.165) is 6.42 Å². The molecule has 10 heteroatoms. The molecule has 0 bridgehead atoms. The average Bonchev–Trinajstić information content (AvgIpc) is 2.98. The number of nitrogens with two attached hydrogens (primary N) is 2. The lowest BCUT2D eigenvalue weighted by molar-refractivity contribution is -0.602. The van der Waals surface area contributed by atoms with E-state index in [0.29, 0.717) is 44.7 Å². The molecule has 4 unspecified atom stereocenters. The van der Waals surface area contributed by atoms with E-state index in [4.69, 9.17) is 21.7 Å². The first-order chi connectivity index (χ1) is 13.6. The van der Waals surface area contributed by atoms with Crippen LogP contribution in [0.3, 0.4) is 0 Å². The Bertz CT molecular complexity index is 651. The molecule has 1 aliphatic rings. The number of carboxylic acids is 2. The molecule has 0 aromatic heterocycles. The predicted octanol–water partition coefficient (Wildman–Crippen LogP) is -0.316. The molecule has 0 saturated carbocycles. The van der Waals surface area contributed by atoms with E-state index >= 15 is 0 Å². The highest BCUT2D eigenvalue weighted by Gasteiger charge is 2.48. The molecule has 164 valence electrons. The summed E-state index contributed by atoms with van der Waals surface area (Å²) in [5.41, 5.74) is 10.5. The van der Waals surface area contributed by atoms with Gasteiger partial charge in [-0.1, -0.05) is 12.2 Å². The number of carbonyl (C=O) groups is 2. The molecular formula is C19H35N6O4+. The molecule has 1 fully saturated rings. The lowest BCUT2D eigenvalue weighted by Gasteiger charge is -2.25. The number of nitrogens with one attached hydrogen (secondary N) is 2. The van der Waals surface area contributed by atoms with Gasteiger partial charge in [-0.25, -0.2) is 4.58 Å². The Morgan fingerprint density at radius 1 is 1.24 bits per heavy atom. The summed E-state index contributed by atoms with van der Waals surface area (Å²) in [4.78, 5) is 26.0. The van der Waals surface area contributed by atoms with E-state index in [1.54, 1.807) is 0 Å². The van der Waals surface area contributed by atoms with Crippen molar-refractivity contribution in [2.45, 2.75) is 69.7 Å². The van der Waals surface area contributed by atoms with Gasteiger partial charge in [-0.3, -0.25) is 19.9 Å². The van der Waals surface area contributed by atoms with Crippen LogP contribution in [-0.2, 0) is 9.59 Å². The zero-order chi connectivity index (χ0) is 22.0. The van der Waals surface area contributed by atoms with Gasteiger partial charge in [-0.05, 0) is 32.6 Å². The van der Waals surface area contributed by atoms with Gasteiger partial charge in [-0.15, -0.1) is 0 Å². The Morgan fingerprint density at radius 2 is 1.83 bits per heavy atom. The minimum absolute atomic E-state index is 0.0636. The fourth-order valence-electron chi connectivity index (χ4n) is 3.08. The van der Waals surface area contributed by atoms with Crippen LogP contribution in [0.15, 0.2) is 17.1 Å². The van der Waals surface area contributed by atoms with Gasteiger partial charge in [0, 0.05) is 19.9 Å². The van der Waals surface area contributed by atoms with Crippen molar-refractivity contribution >= 4 is 24.6 Å². The lowest BCUT2D eigenvalue weighted by atomic mass is 10.0. The van der Waals surface area contributed by atoms with E-state index in [1.807, 2.05) is 30.6 Å². The predicted molar refractivity (Wildman–Crippen MR) is 112 cm³/mol. The second kappa shape index (κ2) is 11.5. The van der Waals surface area contributed by atoms with Crippen molar-refractivity contribution in [3.63, 3.8) is 0 Å². The number of aliphatic imine (C=N–C) groups is 1. The number of allylic oxidation sites excluding steroid dienone is 1. The monoisotopic (exact) mass is 411 g/mol. The summed E-state index contributed by atoms with van der Waals surface area (Å²) in [7, 11) is 0. The van der Waals surface area contributed by atoms with Crippen molar-refractivity contribution in [1.29, 1.82) is 0 Å². The van der Waals surface area contributed by atoms with Gasteiger partial charge in [0.25, 0.3) is 5.66 Å². The molecule has 1 saturated heterocycles. The summed E-state index contributed by atoms with van der Waals surface area (Å²) in [6, 6.07) is -1.77. The van der Waals surface area contributed by atoms with Crippen LogP contribution in [0.1, 0.15) is 46.0 Å². The number of unbranched alkanes of at least 4 members (excludes halogenated alkanes) is 1. The van der Waals surface area contributed by atoms with Crippen molar-refractivity contribution in [3.05, 3.63) is 12.2 Å². The maximum atomic E-state index is 10.8. The van der Waals surface area contributed by atoms with Crippen LogP contribution in [0.2, 0.25) is 0 Å². The van der Waals surface area contributed by atoms with E-state index in [9.17, 15) is 9.59 Å². The van der Waals surface area contributed by atoms with Gasteiger partial charge in [0.05, 0.1) is 0 Å². The van der Waals surface area contributed by atoms with Crippen molar-refractivity contribution in [2.24, 2.45) is 16.5 Å². The van der Waals surface area contributed by atoms with Gasteiger partial charge in [0.1, 0.15) is 31.4 Å². The largest absolute Gasteiger partial charge is 0.480 e. The van der Waals surface area contributed by atoms with Crippen LogP contribution in [-0.4, -0.2) is 76.3 Å².